The van der Waals surface area contributed by atoms with E-state index in [2.05, 4.69) is 30.3 Å². The fourth-order valence-corrected chi connectivity index (χ4v) is 2.37. The zero-order valence-electron chi connectivity index (χ0n) is 11.5. The fraction of sp³-hybridized carbons (Fsp3) is 0.111. The first-order valence-corrected chi connectivity index (χ1v) is 6.69. The average Bonchev–Trinajstić information content (AvgIpc) is 2.46. The van der Waals surface area contributed by atoms with Crippen LogP contribution < -0.4 is 10.5 Å². The summed E-state index contributed by atoms with van der Waals surface area (Å²) in [4.78, 5) is 0. The van der Waals surface area contributed by atoms with Gasteiger partial charge in [0.1, 0.15) is 12.4 Å². The van der Waals surface area contributed by atoms with Gasteiger partial charge in [-0.05, 0) is 41.0 Å². The van der Waals surface area contributed by atoms with Crippen molar-refractivity contribution in [3.63, 3.8) is 0 Å². The van der Waals surface area contributed by atoms with Gasteiger partial charge in [-0.25, -0.2) is 0 Å². The molecule has 20 heavy (non-hydrogen) atoms. The van der Waals surface area contributed by atoms with Crippen molar-refractivity contribution < 1.29 is 4.74 Å². The number of nitrogen functional groups attached to an aromatic ring is 1. The maximum absolute atomic E-state index is 5.97. The molecule has 2 N–H and O–H groups in total. The summed E-state index contributed by atoms with van der Waals surface area (Å²) in [6.45, 7) is 2.54. The Morgan fingerprint density at radius 2 is 1.75 bits per heavy atom. The molecule has 2 nitrogen and oxygen atoms in total. The van der Waals surface area contributed by atoms with Gasteiger partial charge in [-0.3, -0.25) is 0 Å². The van der Waals surface area contributed by atoms with Gasteiger partial charge in [0.05, 0.1) is 5.69 Å². The predicted molar refractivity (Wildman–Crippen MR) is 83.9 cm³/mol. The number of hydrogen-bond acceptors (Lipinski definition) is 2. The molecule has 0 heterocycles. The molecule has 0 spiro atoms. The fourth-order valence-electron chi connectivity index (χ4n) is 2.37. The minimum atomic E-state index is 0.522. The lowest BCUT2D eigenvalue weighted by molar-refractivity contribution is 0.309. The Morgan fingerprint density at radius 1 is 0.950 bits per heavy atom. The molecule has 100 valence electrons. The molecular weight excluding hydrogens is 246 g/mol. The van der Waals surface area contributed by atoms with Crippen LogP contribution in [0.15, 0.2) is 60.7 Å². The molecule has 2 heteroatoms. The van der Waals surface area contributed by atoms with E-state index < -0.39 is 0 Å². The molecule has 0 amide bonds. The smallest absolute Gasteiger partial charge is 0.142 e. The van der Waals surface area contributed by atoms with Crippen molar-refractivity contribution in [3.05, 3.63) is 71.8 Å². The first kappa shape index (κ1) is 12.5. The summed E-state index contributed by atoms with van der Waals surface area (Å²) in [5.41, 5.74) is 8.97. The van der Waals surface area contributed by atoms with Crippen molar-refractivity contribution in [1.82, 2.24) is 0 Å². The second-order valence-corrected chi connectivity index (χ2v) is 4.97. The van der Waals surface area contributed by atoms with Crippen molar-refractivity contribution >= 4 is 16.5 Å². The van der Waals surface area contributed by atoms with E-state index in [1.54, 1.807) is 0 Å². The van der Waals surface area contributed by atoms with E-state index in [9.17, 15) is 0 Å². The van der Waals surface area contributed by atoms with Crippen molar-refractivity contribution in [1.29, 1.82) is 0 Å². The SMILES string of the molecule is Cc1ccc(OCc2cccc3ccccc23)c(N)c1. The zero-order chi connectivity index (χ0) is 13.9. The van der Waals surface area contributed by atoms with Crippen LogP contribution in [0, 0.1) is 6.92 Å². The summed E-state index contributed by atoms with van der Waals surface area (Å²) < 4.78 is 5.86. The number of fused-ring (bicyclic) bond motifs is 1. The number of anilines is 1. The summed E-state index contributed by atoms with van der Waals surface area (Å²) in [5, 5.41) is 2.45. The Kier molecular flexibility index (Phi) is 3.30. The molecular formula is C18H17NO. The lowest BCUT2D eigenvalue weighted by atomic mass is 10.1. The number of nitrogens with two attached hydrogens (primary N) is 1. The number of rotatable bonds is 3. The molecule has 0 unspecified atom stereocenters. The van der Waals surface area contributed by atoms with Gasteiger partial charge in [0.2, 0.25) is 0 Å². The molecule has 0 aromatic heterocycles. The number of benzene rings is 3. The normalized spacial score (nSPS) is 10.7. The highest BCUT2D eigenvalue weighted by Gasteiger charge is 2.04. The quantitative estimate of drug-likeness (QED) is 0.715. The van der Waals surface area contributed by atoms with Gasteiger partial charge in [0, 0.05) is 0 Å². The predicted octanol–water partition coefficient (Wildman–Crippen LogP) is 4.31. The molecule has 0 saturated carbocycles. The van der Waals surface area contributed by atoms with E-state index in [4.69, 9.17) is 10.5 Å². The first-order chi connectivity index (χ1) is 9.74. The minimum Gasteiger partial charge on any atom is -0.487 e. The molecule has 0 aliphatic carbocycles. The zero-order valence-corrected chi connectivity index (χ0v) is 11.5. The minimum absolute atomic E-state index is 0.522. The maximum Gasteiger partial charge on any atom is 0.142 e. The Bertz CT molecular complexity index is 744. The molecule has 0 atom stereocenters. The summed E-state index contributed by atoms with van der Waals surface area (Å²) >= 11 is 0. The van der Waals surface area contributed by atoms with Crippen molar-refractivity contribution in [3.8, 4) is 5.75 Å². The Hall–Kier alpha value is -2.48. The van der Waals surface area contributed by atoms with Crippen LogP contribution >= 0.6 is 0 Å². The topological polar surface area (TPSA) is 35.2 Å². The van der Waals surface area contributed by atoms with Gasteiger partial charge < -0.3 is 10.5 Å². The second kappa shape index (κ2) is 5.25. The van der Waals surface area contributed by atoms with Gasteiger partial charge in [-0.1, -0.05) is 48.5 Å². The molecule has 0 aliphatic rings. The third-order valence-corrected chi connectivity index (χ3v) is 3.43. The first-order valence-electron chi connectivity index (χ1n) is 6.69. The highest BCUT2D eigenvalue weighted by molar-refractivity contribution is 5.85. The largest absolute Gasteiger partial charge is 0.487 e. The van der Waals surface area contributed by atoms with E-state index in [1.807, 2.05) is 37.3 Å². The third-order valence-electron chi connectivity index (χ3n) is 3.43. The third kappa shape index (κ3) is 2.45. The second-order valence-electron chi connectivity index (χ2n) is 4.97. The van der Waals surface area contributed by atoms with Crippen LogP contribution in [-0.4, -0.2) is 0 Å². The highest BCUT2D eigenvalue weighted by atomic mass is 16.5. The monoisotopic (exact) mass is 263 g/mol. The van der Waals surface area contributed by atoms with Crippen molar-refractivity contribution in [2.45, 2.75) is 13.5 Å². The van der Waals surface area contributed by atoms with E-state index in [1.165, 1.54) is 16.3 Å². The van der Waals surface area contributed by atoms with Crippen LogP contribution in [0.1, 0.15) is 11.1 Å². The van der Waals surface area contributed by atoms with Crippen molar-refractivity contribution in [2.75, 3.05) is 5.73 Å². The van der Waals surface area contributed by atoms with Crippen LogP contribution in [0.25, 0.3) is 10.8 Å². The average molecular weight is 263 g/mol. The number of aryl methyl sites for hydroxylation is 1. The van der Waals surface area contributed by atoms with Crippen LogP contribution in [0.3, 0.4) is 0 Å². The van der Waals surface area contributed by atoms with Crippen LogP contribution in [0.5, 0.6) is 5.75 Å². The molecule has 3 aromatic rings. The molecule has 0 aliphatic heterocycles. The maximum atomic E-state index is 5.97. The Labute approximate surface area is 118 Å². The number of hydrogen-bond donors (Lipinski definition) is 1. The van der Waals surface area contributed by atoms with Gasteiger partial charge in [-0.2, -0.15) is 0 Å². The summed E-state index contributed by atoms with van der Waals surface area (Å²) in [6, 6.07) is 20.4. The Morgan fingerprint density at radius 3 is 2.60 bits per heavy atom. The van der Waals surface area contributed by atoms with Crippen molar-refractivity contribution in [2.24, 2.45) is 0 Å². The molecule has 3 aromatic carbocycles. The summed E-state index contributed by atoms with van der Waals surface area (Å²) in [7, 11) is 0. The lowest BCUT2D eigenvalue weighted by Gasteiger charge is -2.11. The van der Waals surface area contributed by atoms with Crippen LogP contribution in [0.2, 0.25) is 0 Å². The van der Waals surface area contributed by atoms with E-state index in [-0.39, 0.29) is 0 Å². The molecule has 0 fully saturated rings. The standard InChI is InChI=1S/C18H17NO/c1-13-9-10-18(17(19)11-13)20-12-15-7-4-6-14-5-2-3-8-16(14)15/h2-11H,12,19H2,1H3. The Balaban J connectivity index is 1.87. The summed E-state index contributed by atoms with van der Waals surface area (Å²) in [5.74, 6) is 0.739. The summed E-state index contributed by atoms with van der Waals surface area (Å²) in [6.07, 6.45) is 0. The molecule has 0 bridgehead atoms. The molecule has 0 saturated heterocycles. The van der Waals surface area contributed by atoms with Gasteiger partial charge >= 0.3 is 0 Å². The molecule has 0 radical (unpaired) electrons. The van der Waals surface area contributed by atoms with Crippen LogP contribution in [0.4, 0.5) is 5.69 Å². The van der Waals surface area contributed by atoms with E-state index >= 15 is 0 Å². The number of ether oxygens (including phenoxy) is 1. The van der Waals surface area contributed by atoms with E-state index in [0.717, 1.165) is 11.3 Å². The van der Waals surface area contributed by atoms with Gasteiger partial charge in [0.15, 0.2) is 0 Å². The van der Waals surface area contributed by atoms with Gasteiger partial charge in [0.25, 0.3) is 0 Å². The van der Waals surface area contributed by atoms with Crippen LogP contribution in [-0.2, 0) is 6.61 Å². The van der Waals surface area contributed by atoms with E-state index in [0.29, 0.717) is 12.3 Å². The lowest BCUT2D eigenvalue weighted by Crippen LogP contribution is -1.99. The molecule has 3 rings (SSSR count). The van der Waals surface area contributed by atoms with Gasteiger partial charge in [-0.15, -0.1) is 0 Å². The highest BCUT2D eigenvalue weighted by Crippen LogP contribution is 2.25.